The molecule has 4 aliphatic rings. The van der Waals surface area contributed by atoms with Crippen molar-refractivity contribution >= 4 is 12.1 Å². The molecule has 0 heterocycles. The lowest BCUT2D eigenvalue weighted by atomic mass is 9.55. The number of benzene rings is 1. The van der Waals surface area contributed by atoms with E-state index in [1.165, 1.54) is 32.1 Å². The van der Waals surface area contributed by atoms with Gasteiger partial charge in [0.1, 0.15) is 18.8 Å². The fourth-order valence-electron chi connectivity index (χ4n) is 5.87. The van der Waals surface area contributed by atoms with Crippen LogP contribution < -0.4 is 11.1 Å². The Morgan fingerprint density at radius 2 is 1.67 bits per heavy atom. The highest BCUT2D eigenvalue weighted by molar-refractivity contribution is 5.75. The molecule has 0 saturated heterocycles. The summed E-state index contributed by atoms with van der Waals surface area (Å²) in [5.74, 6) is 2.52. The zero-order valence-corrected chi connectivity index (χ0v) is 17.6. The molecule has 0 spiro atoms. The third-order valence-electron chi connectivity index (χ3n) is 7.12. The Morgan fingerprint density at radius 1 is 1.00 bits per heavy atom. The summed E-state index contributed by atoms with van der Waals surface area (Å²) in [4.78, 5) is 24.2. The van der Waals surface area contributed by atoms with E-state index in [0.29, 0.717) is 24.8 Å². The molecular formula is C24H34N2O4. The molecule has 4 saturated carbocycles. The highest BCUT2D eigenvalue weighted by Gasteiger charge is 2.49. The molecule has 0 aliphatic heterocycles. The molecule has 0 radical (unpaired) electrons. The van der Waals surface area contributed by atoms with Gasteiger partial charge in [-0.2, -0.15) is 0 Å². The van der Waals surface area contributed by atoms with Gasteiger partial charge in [-0.3, -0.25) is 4.79 Å². The summed E-state index contributed by atoms with van der Waals surface area (Å²) in [5.41, 5.74) is 6.87. The first-order valence-corrected chi connectivity index (χ1v) is 11.5. The summed E-state index contributed by atoms with van der Waals surface area (Å²) in [6.07, 6.45) is 8.23. The van der Waals surface area contributed by atoms with E-state index in [2.05, 4.69) is 5.32 Å². The minimum Gasteiger partial charge on any atom is -0.460 e. The second-order valence-corrected chi connectivity index (χ2v) is 9.42. The Labute approximate surface area is 178 Å². The molecule has 1 aromatic rings. The van der Waals surface area contributed by atoms with Crippen LogP contribution in [0.2, 0.25) is 0 Å². The Hall–Kier alpha value is -2.08. The molecule has 6 nitrogen and oxygen atoms in total. The predicted molar refractivity (Wildman–Crippen MR) is 113 cm³/mol. The number of alkyl carbamates (subject to hydrolysis) is 1. The highest BCUT2D eigenvalue weighted by atomic mass is 16.6. The van der Waals surface area contributed by atoms with Crippen molar-refractivity contribution in [3.8, 4) is 0 Å². The Bertz CT molecular complexity index is 695. The SMILES string of the molecule is N[C@@H](CCCCNC(=O)OC1C2CC3CC(C2)CC1C3)C(=O)OCc1ccccc1. The number of amides is 1. The van der Waals surface area contributed by atoms with Gasteiger partial charge in [0.25, 0.3) is 0 Å². The van der Waals surface area contributed by atoms with Crippen molar-refractivity contribution < 1.29 is 19.1 Å². The number of nitrogens with two attached hydrogens (primary N) is 1. The van der Waals surface area contributed by atoms with Crippen LogP contribution in [0, 0.1) is 23.7 Å². The maximum absolute atomic E-state index is 12.2. The number of esters is 1. The normalized spacial score (nSPS) is 30.0. The summed E-state index contributed by atoms with van der Waals surface area (Å²) in [6.45, 7) is 0.781. The second kappa shape index (κ2) is 9.82. The van der Waals surface area contributed by atoms with E-state index in [1.54, 1.807) is 0 Å². The van der Waals surface area contributed by atoms with Crippen LogP contribution in [0.3, 0.4) is 0 Å². The molecule has 4 fully saturated rings. The fourth-order valence-corrected chi connectivity index (χ4v) is 5.87. The van der Waals surface area contributed by atoms with E-state index in [-0.39, 0.29) is 24.8 Å². The van der Waals surface area contributed by atoms with Gasteiger partial charge >= 0.3 is 12.1 Å². The monoisotopic (exact) mass is 414 g/mol. The van der Waals surface area contributed by atoms with Crippen LogP contribution in [0.15, 0.2) is 30.3 Å². The molecule has 5 rings (SSSR count). The molecular weight excluding hydrogens is 380 g/mol. The van der Waals surface area contributed by atoms with Gasteiger partial charge in [0, 0.05) is 6.54 Å². The fraction of sp³-hybridized carbons (Fsp3) is 0.667. The lowest BCUT2D eigenvalue weighted by molar-refractivity contribution is -0.146. The maximum Gasteiger partial charge on any atom is 0.407 e. The van der Waals surface area contributed by atoms with Gasteiger partial charge in [-0.15, -0.1) is 0 Å². The molecule has 1 atom stereocenters. The van der Waals surface area contributed by atoms with Crippen molar-refractivity contribution in [2.45, 2.75) is 70.1 Å². The van der Waals surface area contributed by atoms with Gasteiger partial charge in [0.2, 0.25) is 0 Å². The summed E-state index contributed by atoms with van der Waals surface area (Å²) >= 11 is 0. The van der Waals surface area contributed by atoms with Crippen LogP contribution in [0.25, 0.3) is 0 Å². The lowest BCUT2D eigenvalue weighted by Crippen LogP contribution is -2.50. The van der Waals surface area contributed by atoms with Crippen LogP contribution >= 0.6 is 0 Å². The van der Waals surface area contributed by atoms with Crippen LogP contribution in [0.5, 0.6) is 0 Å². The smallest absolute Gasteiger partial charge is 0.407 e. The highest BCUT2D eigenvalue weighted by Crippen LogP contribution is 2.54. The summed E-state index contributed by atoms with van der Waals surface area (Å²) in [5, 5.41) is 2.87. The molecule has 4 bridgehead atoms. The third-order valence-corrected chi connectivity index (χ3v) is 7.12. The average molecular weight is 415 g/mol. The first-order chi connectivity index (χ1) is 14.6. The van der Waals surface area contributed by atoms with E-state index in [1.807, 2.05) is 30.3 Å². The topological polar surface area (TPSA) is 90.6 Å². The molecule has 0 aromatic heterocycles. The van der Waals surface area contributed by atoms with Gasteiger partial charge in [-0.05, 0) is 80.6 Å². The molecule has 6 heteroatoms. The summed E-state index contributed by atoms with van der Waals surface area (Å²) in [7, 11) is 0. The summed E-state index contributed by atoms with van der Waals surface area (Å²) in [6, 6.07) is 8.92. The zero-order chi connectivity index (χ0) is 20.9. The summed E-state index contributed by atoms with van der Waals surface area (Å²) < 4.78 is 11.1. The van der Waals surface area contributed by atoms with Crippen molar-refractivity contribution in [1.29, 1.82) is 0 Å². The van der Waals surface area contributed by atoms with Crippen molar-refractivity contribution in [3.63, 3.8) is 0 Å². The number of carbonyl (C=O) groups is 2. The molecule has 164 valence electrons. The van der Waals surface area contributed by atoms with Crippen LogP contribution in [0.4, 0.5) is 4.79 Å². The van der Waals surface area contributed by atoms with Gasteiger partial charge in [-0.1, -0.05) is 30.3 Å². The lowest BCUT2D eigenvalue weighted by Gasteiger charge is -2.53. The molecule has 3 N–H and O–H groups in total. The standard InChI is InChI=1S/C24H34N2O4/c25-21(23(27)29-15-16-6-2-1-3-7-16)8-4-5-9-26-24(28)30-22-19-11-17-10-18(13-19)14-20(22)12-17/h1-3,6-7,17-22H,4-5,8-15,25H2,(H,26,28)/t17?,18?,19?,20?,21-,22?/m0/s1. The number of hydrogen-bond acceptors (Lipinski definition) is 5. The van der Waals surface area contributed by atoms with E-state index >= 15 is 0 Å². The number of hydrogen-bond donors (Lipinski definition) is 2. The molecule has 4 aliphatic carbocycles. The molecule has 1 amide bonds. The number of unbranched alkanes of at least 4 members (excludes halogenated alkanes) is 1. The molecule has 1 aromatic carbocycles. The minimum absolute atomic E-state index is 0.116. The van der Waals surface area contributed by atoms with E-state index < -0.39 is 6.04 Å². The van der Waals surface area contributed by atoms with Crippen molar-refractivity contribution in [1.82, 2.24) is 5.32 Å². The molecule has 0 unspecified atom stereocenters. The second-order valence-electron chi connectivity index (χ2n) is 9.42. The van der Waals surface area contributed by atoms with Crippen molar-refractivity contribution in [2.24, 2.45) is 29.4 Å². The van der Waals surface area contributed by atoms with E-state index in [9.17, 15) is 9.59 Å². The third kappa shape index (κ3) is 5.34. The van der Waals surface area contributed by atoms with Crippen molar-refractivity contribution in [2.75, 3.05) is 6.54 Å². The minimum atomic E-state index is -0.631. The number of carbonyl (C=O) groups excluding carboxylic acids is 2. The number of nitrogens with one attached hydrogen (secondary N) is 1. The van der Waals surface area contributed by atoms with Crippen molar-refractivity contribution in [3.05, 3.63) is 35.9 Å². The Morgan fingerprint density at radius 3 is 2.33 bits per heavy atom. The first-order valence-electron chi connectivity index (χ1n) is 11.5. The number of rotatable bonds is 9. The predicted octanol–water partition coefficient (Wildman–Crippen LogP) is 3.78. The van der Waals surface area contributed by atoms with Crippen LogP contribution in [-0.4, -0.2) is 30.8 Å². The largest absolute Gasteiger partial charge is 0.460 e. The zero-order valence-electron chi connectivity index (χ0n) is 17.6. The average Bonchev–Trinajstić information content (AvgIpc) is 2.74. The maximum atomic E-state index is 12.2. The van der Waals surface area contributed by atoms with Crippen LogP contribution in [0.1, 0.15) is 56.9 Å². The number of ether oxygens (including phenoxy) is 2. The molecule has 30 heavy (non-hydrogen) atoms. The van der Waals surface area contributed by atoms with Gasteiger partial charge < -0.3 is 20.5 Å². The van der Waals surface area contributed by atoms with Gasteiger partial charge in [0.15, 0.2) is 0 Å². The quantitative estimate of drug-likeness (QED) is 0.474. The Balaban J connectivity index is 1.07. The van der Waals surface area contributed by atoms with Gasteiger partial charge in [-0.25, -0.2) is 4.79 Å². The first kappa shape index (κ1) is 21.2. The Kier molecular flexibility index (Phi) is 6.93. The van der Waals surface area contributed by atoms with Gasteiger partial charge in [0.05, 0.1) is 0 Å². The van der Waals surface area contributed by atoms with E-state index in [0.717, 1.165) is 30.2 Å². The van der Waals surface area contributed by atoms with E-state index in [4.69, 9.17) is 15.2 Å². The van der Waals surface area contributed by atoms with Crippen LogP contribution in [-0.2, 0) is 20.9 Å².